The summed E-state index contributed by atoms with van der Waals surface area (Å²) in [6, 6.07) is 10.2. The second kappa shape index (κ2) is 6.93. The summed E-state index contributed by atoms with van der Waals surface area (Å²) in [6.45, 7) is 7.20. The first-order valence-electron chi connectivity index (χ1n) is 7.91. The second-order valence-electron chi connectivity index (χ2n) is 6.00. The lowest BCUT2D eigenvalue weighted by atomic mass is 10.0. The molecule has 0 amide bonds. The van der Waals surface area contributed by atoms with Gasteiger partial charge in [-0.15, -0.1) is 0 Å². The zero-order valence-corrected chi connectivity index (χ0v) is 12.5. The molecule has 0 bridgehead atoms. The van der Waals surface area contributed by atoms with Crippen LogP contribution in [0.2, 0.25) is 0 Å². The van der Waals surface area contributed by atoms with Crippen molar-refractivity contribution in [3.05, 3.63) is 29.8 Å². The van der Waals surface area contributed by atoms with Gasteiger partial charge in [0.05, 0.1) is 17.9 Å². The zero-order chi connectivity index (χ0) is 14.5. The molecule has 2 saturated heterocycles. The fourth-order valence-electron chi connectivity index (χ4n) is 3.33. The molecule has 0 saturated carbocycles. The Kier molecular flexibility index (Phi) is 4.74. The topological polar surface area (TPSA) is 39.5 Å². The molecule has 21 heavy (non-hydrogen) atoms. The highest BCUT2D eigenvalue weighted by atomic mass is 16.5. The highest BCUT2D eigenvalue weighted by Gasteiger charge is 2.22. The number of ether oxygens (including phenoxy) is 1. The lowest BCUT2D eigenvalue weighted by Crippen LogP contribution is -2.48. The molecule has 1 aromatic rings. The molecule has 2 heterocycles. The molecule has 0 unspecified atom stereocenters. The predicted octanol–water partition coefficient (Wildman–Crippen LogP) is 2.11. The normalized spacial score (nSPS) is 23.8. The largest absolute Gasteiger partial charge is 0.381 e. The van der Waals surface area contributed by atoms with Crippen LogP contribution < -0.4 is 4.90 Å². The van der Waals surface area contributed by atoms with E-state index in [4.69, 9.17) is 4.74 Å². The quantitative estimate of drug-likeness (QED) is 0.852. The molecular weight excluding hydrogens is 262 g/mol. The van der Waals surface area contributed by atoms with Gasteiger partial charge in [-0.25, -0.2) is 0 Å². The number of para-hydroxylation sites is 1. The van der Waals surface area contributed by atoms with Gasteiger partial charge >= 0.3 is 0 Å². The Morgan fingerprint density at radius 1 is 1.19 bits per heavy atom. The highest BCUT2D eigenvalue weighted by Crippen LogP contribution is 2.22. The summed E-state index contributed by atoms with van der Waals surface area (Å²) in [5, 5.41) is 9.22. The average Bonchev–Trinajstić information content (AvgIpc) is 2.56. The van der Waals surface area contributed by atoms with E-state index in [2.05, 4.69) is 21.9 Å². The van der Waals surface area contributed by atoms with Gasteiger partial charge in [-0.2, -0.15) is 5.26 Å². The molecule has 112 valence electrons. The van der Waals surface area contributed by atoms with Crippen molar-refractivity contribution >= 4 is 5.69 Å². The van der Waals surface area contributed by atoms with Gasteiger partial charge in [0.1, 0.15) is 6.07 Å². The summed E-state index contributed by atoms with van der Waals surface area (Å²) >= 11 is 0. The third-order valence-corrected chi connectivity index (χ3v) is 4.51. The van der Waals surface area contributed by atoms with Crippen molar-refractivity contribution in [2.75, 3.05) is 50.8 Å². The minimum Gasteiger partial charge on any atom is -0.381 e. The minimum absolute atomic E-state index is 0.705. The number of nitrogens with zero attached hydrogens (tertiary/aromatic N) is 3. The standard InChI is InChI=1S/C17H23N3O/c18-12-16-5-1-2-6-17(16)20-9-7-19(8-10-20)13-15-4-3-11-21-14-15/h1-2,5-6,15H,3-4,7-11,13-14H2/t15-/m1/s1. The summed E-state index contributed by atoms with van der Waals surface area (Å²) in [6.07, 6.45) is 2.51. The monoisotopic (exact) mass is 285 g/mol. The Labute approximate surface area is 126 Å². The molecule has 4 heteroatoms. The van der Waals surface area contributed by atoms with Crippen LogP contribution in [0.5, 0.6) is 0 Å². The predicted molar refractivity (Wildman–Crippen MR) is 83.4 cm³/mol. The van der Waals surface area contributed by atoms with Gasteiger partial charge in [-0.1, -0.05) is 12.1 Å². The number of nitriles is 1. The molecule has 0 N–H and O–H groups in total. The maximum absolute atomic E-state index is 9.22. The number of rotatable bonds is 3. The van der Waals surface area contributed by atoms with E-state index in [1.807, 2.05) is 18.2 Å². The van der Waals surface area contributed by atoms with Crippen molar-refractivity contribution < 1.29 is 4.74 Å². The molecule has 0 spiro atoms. The number of anilines is 1. The number of piperazine rings is 1. The van der Waals surface area contributed by atoms with Gasteiger partial charge in [0.25, 0.3) is 0 Å². The Morgan fingerprint density at radius 3 is 2.71 bits per heavy atom. The van der Waals surface area contributed by atoms with Crippen LogP contribution >= 0.6 is 0 Å². The Balaban J connectivity index is 1.54. The van der Waals surface area contributed by atoms with Crippen molar-refractivity contribution in [2.45, 2.75) is 12.8 Å². The lowest BCUT2D eigenvalue weighted by Gasteiger charge is -2.38. The molecule has 4 nitrogen and oxygen atoms in total. The first-order valence-corrected chi connectivity index (χ1v) is 7.91. The van der Waals surface area contributed by atoms with Gasteiger partial charge < -0.3 is 9.64 Å². The number of hydrogen-bond acceptors (Lipinski definition) is 4. The number of benzene rings is 1. The van der Waals surface area contributed by atoms with E-state index in [0.717, 1.165) is 57.2 Å². The fourth-order valence-corrected chi connectivity index (χ4v) is 3.33. The SMILES string of the molecule is N#Cc1ccccc1N1CCN(C[C@H]2CCCOC2)CC1. The van der Waals surface area contributed by atoms with Gasteiger partial charge in [0.15, 0.2) is 0 Å². The molecule has 2 fully saturated rings. The molecule has 2 aliphatic rings. The lowest BCUT2D eigenvalue weighted by molar-refractivity contribution is 0.0377. The van der Waals surface area contributed by atoms with Crippen LogP contribution in [-0.2, 0) is 4.74 Å². The third kappa shape index (κ3) is 3.55. The molecule has 1 aromatic carbocycles. The summed E-state index contributed by atoms with van der Waals surface area (Å²) in [5.41, 5.74) is 1.87. The Morgan fingerprint density at radius 2 is 2.00 bits per heavy atom. The van der Waals surface area contributed by atoms with Crippen molar-refractivity contribution in [2.24, 2.45) is 5.92 Å². The van der Waals surface area contributed by atoms with Crippen LogP contribution in [0.4, 0.5) is 5.69 Å². The summed E-state index contributed by atoms with van der Waals surface area (Å²) in [7, 11) is 0. The van der Waals surface area contributed by atoms with E-state index in [1.165, 1.54) is 12.8 Å². The van der Waals surface area contributed by atoms with Crippen LogP contribution in [0.25, 0.3) is 0 Å². The van der Waals surface area contributed by atoms with Gasteiger partial charge in [-0.05, 0) is 30.9 Å². The van der Waals surface area contributed by atoms with E-state index in [1.54, 1.807) is 0 Å². The Hall–Kier alpha value is -1.57. The van der Waals surface area contributed by atoms with Crippen LogP contribution in [0, 0.1) is 17.2 Å². The first kappa shape index (κ1) is 14.4. The average molecular weight is 285 g/mol. The second-order valence-corrected chi connectivity index (χ2v) is 6.00. The van der Waals surface area contributed by atoms with Crippen LogP contribution in [0.15, 0.2) is 24.3 Å². The van der Waals surface area contributed by atoms with E-state index < -0.39 is 0 Å². The molecule has 0 radical (unpaired) electrons. The first-order chi connectivity index (χ1) is 10.4. The van der Waals surface area contributed by atoms with Crippen molar-refractivity contribution in [3.8, 4) is 6.07 Å². The summed E-state index contributed by atoms with van der Waals surface area (Å²) in [5.74, 6) is 0.705. The van der Waals surface area contributed by atoms with Gasteiger partial charge in [0.2, 0.25) is 0 Å². The van der Waals surface area contributed by atoms with Crippen molar-refractivity contribution in [1.82, 2.24) is 4.90 Å². The molecule has 0 aliphatic carbocycles. The van der Waals surface area contributed by atoms with E-state index in [-0.39, 0.29) is 0 Å². The smallest absolute Gasteiger partial charge is 0.101 e. The highest BCUT2D eigenvalue weighted by molar-refractivity contribution is 5.59. The summed E-state index contributed by atoms with van der Waals surface area (Å²) < 4.78 is 5.57. The van der Waals surface area contributed by atoms with E-state index in [9.17, 15) is 5.26 Å². The minimum atomic E-state index is 0.705. The summed E-state index contributed by atoms with van der Waals surface area (Å²) in [4.78, 5) is 4.89. The molecule has 0 aromatic heterocycles. The van der Waals surface area contributed by atoms with Crippen LogP contribution in [0.3, 0.4) is 0 Å². The van der Waals surface area contributed by atoms with Gasteiger partial charge in [0, 0.05) is 39.3 Å². The maximum Gasteiger partial charge on any atom is 0.101 e. The fraction of sp³-hybridized carbons (Fsp3) is 0.588. The maximum atomic E-state index is 9.22. The van der Waals surface area contributed by atoms with Gasteiger partial charge in [-0.3, -0.25) is 4.90 Å². The van der Waals surface area contributed by atoms with Crippen LogP contribution in [0.1, 0.15) is 18.4 Å². The van der Waals surface area contributed by atoms with E-state index in [0.29, 0.717) is 5.92 Å². The Bertz CT molecular complexity index is 497. The zero-order valence-electron chi connectivity index (χ0n) is 12.5. The number of hydrogen-bond donors (Lipinski definition) is 0. The van der Waals surface area contributed by atoms with Crippen LogP contribution in [-0.4, -0.2) is 50.8 Å². The molecule has 2 aliphatic heterocycles. The van der Waals surface area contributed by atoms with Crippen molar-refractivity contribution in [1.29, 1.82) is 5.26 Å². The molecule has 1 atom stereocenters. The van der Waals surface area contributed by atoms with Crippen molar-refractivity contribution in [3.63, 3.8) is 0 Å². The molecule has 3 rings (SSSR count). The van der Waals surface area contributed by atoms with E-state index >= 15 is 0 Å². The third-order valence-electron chi connectivity index (χ3n) is 4.51. The molecular formula is C17H23N3O.